The molecule has 1 amide bonds. The van der Waals surface area contributed by atoms with Gasteiger partial charge in [-0.05, 0) is 24.3 Å². The van der Waals surface area contributed by atoms with Crippen molar-refractivity contribution in [1.29, 1.82) is 0 Å². The van der Waals surface area contributed by atoms with E-state index < -0.39 is 0 Å². The third kappa shape index (κ3) is 3.32. The molecule has 0 bridgehead atoms. The van der Waals surface area contributed by atoms with Crippen LogP contribution >= 0.6 is 34.5 Å². The zero-order valence-electron chi connectivity index (χ0n) is 13.8. The zero-order valence-corrected chi connectivity index (χ0v) is 16.1. The Kier molecular flexibility index (Phi) is 4.89. The fourth-order valence-corrected chi connectivity index (χ4v) is 4.17. The van der Waals surface area contributed by atoms with Gasteiger partial charge in [-0.1, -0.05) is 29.3 Å². The standard InChI is InChI=1S/C18H16Cl2N4OS/c19-13-4-3-5-15(16(13)20)22-8-10-23(11-9-22)17(25)14-12-26-18(21-14)24-6-1-2-7-24/h1-7,12H,8-11H2. The monoisotopic (exact) mass is 406 g/mol. The molecule has 0 N–H and O–H groups in total. The maximum Gasteiger partial charge on any atom is 0.273 e. The maximum absolute atomic E-state index is 12.7. The maximum atomic E-state index is 12.7. The summed E-state index contributed by atoms with van der Waals surface area (Å²) in [6, 6.07) is 9.48. The van der Waals surface area contributed by atoms with E-state index >= 15 is 0 Å². The number of halogens is 2. The number of hydrogen-bond acceptors (Lipinski definition) is 4. The van der Waals surface area contributed by atoms with Gasteiger partial charge < -0.3 is 14.4 Å². The average molecular weight is 407 g/mol. The van der Waals surface area contributed by atoms with Crippen LogP contribution in [0.1, 0.15) is 10.5 Å². The Labute approximate surface area is 165 Å². The fourth-order valence-electron chi connectivity index (χ4n) is 2.99. The Bertz CT molecular complexity index is 917. The zero-order chi connectivity index (χ0) is 18.1. The van der Waals surface area contributed by atoms with Crippen LogP contribution in [-0.4, -0.2) is 46.5 Å². The Hall–Kier alpha value is -2.02. The molecule has 0 saturated carbocycles. The Morgan fingerprint density at radius 2 is 1.77 bits per heavy atom. The number of rotatable bonds is 3. The molecule has 1 saturated heterocycles. The highest BCUT2D eigenvalue weighted by Gasteiger charge is 2.25. The molecule has 0 spiro atoms. The van der Waals surface area contributed by atoms with Gasteiger partial charge in [0.05, 0.1) is 15.7 Å². The minimum Gasteiger partial charge on any atom is -0.367 e. The van der Waals surface area contributed by atoms with E-state index in [2.05, 4.69) is 9.88 Å². The van der Waals surface area contributed by atoms with Crippen LogP contribution in [-0.2, 0) is 0 Å². The van der Waals surface area contributed by atoms with Crippen molar-refractivity contribution in [3.8, 4) is 5.13 Å². The molecule has 3 heterocycles. The molecule has 26 heavy (non-hydrogen) atoms. The van der Waals surface area contributed by atoms with Crippen molar-refractivity contribution in [1.82, 2.24) is 14.5 Å². The molecule has 1 fully saturated rings. The van der Waals surface area contributed by atoms with Crippen LogP contribution in [0.2, 0.25) is 10.0 Å². The summed E-state index contributed by atoms with van der Waals surface area (Å²) in [4.78, 5) is 21.2. The lowest BCUT2D eigenvalue weighted by atomic mass is 10.2. The topological polar surface area (TPSA) is 41.4 Å². The minimum absolute atomic E-state index is 0.0310. The first-order valence-electron chi connectivity index (χ1n) is 8.20. The molecule has 3 aromatic rings. The number of piperazine rings is 1. The third-order valence-corrected chi connectivity index (χ3v) is 6.04. The van der Waals surface area contributed by atoms with Gasteiger partial charge in [-0.25, -0.2) is 4.98 Å². The molecule has 0 unspecified atom stereocenters. The second-order valence-electron chi connectivity index (χ2n) is 5.96. The quantitative estimate of drug-likeness (QED) is 0.654. The molecule has 2 aromatic heterocycles. The molecule has 1 aromatic carbocycles. The molecule has 134 valence electrons. The SMILES string of the molecule is O=C(c1csc(-n2cccc2)n1)N1CCN(c2cccc(Cl)c2Cl)CC1. The predicted octanol–water partition coefficient (Wildman–Crippen LogP) is 4.20. The lowest BCUT2D eigenvalue weighted by Crippen LogP contribution is -2.49. The van der Waals surface area contributed by atoms with E-state index in [1.54, 1.807) is 6.07 Å². The summed E-state index contributed by atoms with van der Waals surface area (Å²) in [6.07, 6.45) is 3.83. The molecule has 5 nitrogen and oxygen atoms in total. The van der Waals surface area contributed by atoms with Crippen molar-refractivity contribution in [3.63, 3.8) is 0 Å². The van der Waals surface area contributed by atoms with Crippen molar-refractivity contribution in [2.75, 3.05) is 31.1 Å². The predicted molar refractivity (Wildman–Crippen MR) is 106 cm³/mol. The van der Waals surface area contributed by atoms with Crippen molar-refractivity contribution < 1.29 is 4.79 Å². The first kappa shape index (κ1) is 17.4. The molecular formula is C18H16Cl2N4OS. The molecule has 1 aliphatic heterocycles. The van der Waals surface area contributed by atoms with E-state index in [1.165, 1.54) is 11.3 Å². The van der Waals surface area contributed by atoms with Crippen molar-refractivity contribution in [3.05, 3.63) is 63.8 Å². The summed E-state index contributed by atoms with van der Waals surface area (Å²) in [7, 11) is 0. The Balaban J connectivity index is 1.43. The normalized spacial score (nSPS) is 14.7. The van der Waals surface area contributed by atoms with E-state index in [0.29, 0.717) is 41.9 Å². The Morgan fingerprint density at radius 3 is 2.50 bits per heavy atom. The highest BCUT2D eigenvalue weighted by Crippen LogP contribution is 2.33. The molecule has 0 atom stereocenters. The van der Waals surface area contributed by atoms with Crippen LogP contribution in [0.25, 0.3) is 5.13 Å². The number of carbonyl (C=O) groups excluding carboxylic acids is 1. The fraction of sp³-hybridized carbons (Fsp3) is 0.222. The van der Waals surface area contributed by atoms with E-state index in [4.69, 9.17) is 23.2 Å². The van der Waals surface area contributed by atoms with Crippen LogP contribution in [0, 0.1) is 0 Å². The molecule has 1 aliphatic rings. The highest BCUT2D eigenvalue weighted by atomic mass is 35.5. The molecule has 0 radical (unpaired) electrons. The number of carbonyl (C=O) groups is 1. The van der Waals surface area contributed by atoms with Crippen LogP contribution < -0.4 is 4.90 Å². The first-order chi connectivity index (χ1) is 12.6. The van der Waals surface area contributed by atoms with Gasteiger partial charge in [0.1, 0.15) is 5.69 Å². The summed E-state index contributed by atoms with van der Waals surface area (Å²) in [5, 5.41) is 3.72. The van der Waals surface area contributed by atoms with Crippen LogP contribution in [0.4, 0.5) is 5.69 Å². The van der Waals surface area contributed by atoms with Crippen LogP contribution in [0.3, 0.4) is 0 Å². The van der Waals surface area contributed by atoms with Gasteiger partial charge >= 0.3 is 0 Å². The van der Waals surface area contributed by atoms with Gasteiger partial charge in [-0.15, -0.1) is 11.3 Å². The van der Waals surface area contributed by atoms with Crippen molar-refractivity contribution >= 4 is 46.1 Å². The van der Waals surface area contributed by atoms with E-state index in [1.807, 2.05) is 51.5 Å². The number of amides is 1. The summed E-state index contributed by atoms with van der Waals surface area (Å²) in [5.41, 5.74) is 1.41. The number of hydrogen-bond donors (Lipinski definition) is 0. The van der Waals surface area contributed by atoms with Gasteiger partial charge in [0, 0.05) is 44.0 Å². The van der Waals surface area contributed by atoms with E-state index in [0.717, 1.165) is 10.8 Å². The van der Waals surface area contributed by atoms with E-state index in [-0.39, 0.29) is 5.91 Å². The van der Waals surface area contributed by atoms with Gasteiger partial charge in [0.15, 0.2) is 5.13 Å². The summed E-state index contributed by atoms with van der Waals surface area (Å²) in [6.45, 7) is 2.66. The average Bonchev–Trinajstić information content (AvgIpc) is 3.35. The summed E-state index contributed by atoms with van der Waals surface area (Å²) in [5.74, 6) is -0.0310. The van der Waals surface area contributed by atoms with Gasteiger partial charge in [-0.2, -0.15) is 0 Å². The van der Waals surface area contributed by atoms with Crippen LogP contribution in [0.15, 0.2) is 48.1 Å². The lowest BCUT2D eigenvalue weighted by molar-refractivity contribution is 0.0741. The van der Waals surface area contributed by atoms with Gasteiger partial charge in [0.2, 0.25) is 0 Å². The van der Waals surface area contributed by atoms with Crippen molar-refractivity contribution in [2.24, 2.45) is 0 Å². The largest absolute Gasteiger partial charge is 0.367 e. The highest BCUT2D eigenvalue weighted by molar-refractivity contribution is 7.12. The third-order valence-electron chi connectivity index (χ3n) is 4.38. The number of aromatic nitrogens is 2. The van der Waals surface area contributed by atoms with Gasteiger partial charge in [0.25, 0.3) is 5.91 Å². The molecule has 0 aliphatic carbocycles. The molecule has 8 heteroatoms. The molecular weight excluding hydrogens is 391 g/mol. The van der Waals surface area contributed by atoms with Crippen LogP contribution in [0.5, 0.6) is 0 Å². The molecule has 4 rings (SSSR count). The first-order valence-corrected chi connectivity index (χ1v) is 9.84. The van der Waals surface area contributed by atoms with Gasteiger partial charge in [-0.3, -0.25) is 4.79 Å². The second kappa shape index (κ2) is 7.31. The smallest absolute Gasteiger partial charge is 0.273 e. The Morgan fingerprint density at radius 1 is 1.04 bits per heavy atom. The summed E-state index contributed by atoms with van der Waals surface area (Å²) < 4.78 is 1.90. The number of benzene rings is 1. The summed E-state index contributed by atoms with van der Waals surface area (Å²) >= 11 is 13.9. The van der Waals surface area contributed by atoms with E-state index in [9.17, 15) is 4.79 Å². The minimum atomic E-state index is -0.0310. The lowest BCUT2D eigenvalue weighted by Gasteiger charge is -2.36. The second-order valence-corrected chi connectivity index (χ2v) is 7.58. The number of anilines is 1. The number of thiazole rings is 1. The number of nitrogens with zero attached hydrogens (tertiary/aromatic N) is 4. The van der Waals surface area contributed by atoms with Crippen molar-refractivity contribution in [2.45, 2.75) is 0 Å².